The Labute approximate surface area is 140 Å². The zero-order chi connectivity index (χ0) is 17.5. The van der Waals surface area contributed by atoms with Crippen molar-refractivity contribution in [3.63, 3.8) is 0 Å². The summed E-state index contributed by atoms with van der Waals surface area (Å²) in [6, 6.07) is 12.0. The van der Waals surface area contributed by atoms with Crippen molar-refractivity contribution in [2.24, 2.45) is 0 Å². The number of urea groups is 1. The van der Waals surface area contributed by atoms with Crippen LogP contribution in [0.1, 0.15) is 30.1 Å². The van der Waals surface area contributed by atoms with E-state index in [9.17, 15) is 14.3 Å². The Morgan fingerprint density at radius 1 is 1.17 bits per heavy atom. The molecule has 6 heteroatoms. The molecule has 128 valence electrons. The highest BCUT2D eigenvalue weighted by Gasteiger charge is 2.20. The number of ether oxygens (including phenoxy) is 1. The Bertz CT molecular complexity index is 679. The Morgan fingerprint density at radius 2 is 1.88 bits per heavy atom. The molecule has 0 bridgehead atoms. The van der Waals surface area contributed by atoms with Gasteiger partial charge in [-0.15, -0.1) is 0 Å². The topological polar surface area (TPSA) is 70.6 Å². The first-order valence-electron chi connectivity index (χ1n) is 7.62. The van der Waals surface area contributed by atoms with Crippen molar-refractivity contribution in [2.75, 3.05) is 13.7 Å². The normalized spacial score (nSPS) is 13.0. The number of nitrogens with one attached hydrogen (secondary N) is 2. The van der Waals surface area contributed by atoms with E-state index in [0.717, 1.165) is 5.56 Å². The van der Waals surface area contributed by atoms with Crippen LogP contribution in [0.4, 0.5) is 9.18 Å². The first-order chi connectivity index (χ1) is 11.6. The number of carbonyl (C=O) groups excluding carboxylic acids is 1. The second-order valence-electron chi connectivity index (χ2n) is 5.34. The fourth-order valence-corrected chi connectivity index (χ4v) is 2.50. The van der Waals surface area contributed by atoms with E-state index in [1.165, 1.54) is 13.2 Å². The van der Waals surface area contributed by atoms with Gasteiger partial charge in [0.15, 0.2) is 0 Å². The minimum Gasteiger partial charge on any atom is -0.496 e. The maximum atomic E-state index is 14.0. The van der Waals surface area contributed by atoms with E-state index >= 15 is 0 Å². The van der Waals surface area contributed by atoms with E-state index in [-0.39, 0.29) is 12.2 Å². The van der Waals surface area contributed by atoms with E-state index in [2.05, 4.69) is 10.6 Å². The molecule has 0 aliphatic heterocycles. The van der Waals surface area contributed by atoms with Crippen molar-refractivity contribution < 1.29 is 19.0 Å². The van der Waals surface area contributed by atoms with Gasteiger partial charge in [0, 0.05) is 0 Å². The second-order valence-corrected chi connectivity index (χ2v) is 5.34. The van der Waals surface area contributed by atoms with Gasteiger partial charge in [-0.3, -0.25) is 0 Å². The lowest BCUT2D eigenvalue weighted by Crippen LogP contribution is -2.40. The number of methoxy groups -OCH3 is 1. The molecule has 0 unspecified atom stereocenters. The maximum absolute atomic E-state index is 14.0. The van der Waals surface area contributed by atoms with Crippen molar-refractivity contribution in [3.8, 4) is 5.75 Å². The number of carbonyl (C=O) groups is 1. The average molecular weight is 332 g/mol. The Kier molecular flexibility index (Phi) is 6.14. The van der Waals surface area contributed by atoms with Gasteiger partial charge in [-0.05, 0) is 24.6 Å². The first-order valence-corrected chi connectivity index (χ1v) is 7.62. The molecule has 0 aliphatic carbocycles. The van der Waals surface area contributed by atoms with Crippen LogP contribution >= 0.6 is 0 Å². The number of hydrogen-bond acceptors (Lipinski definition) is 3. The third-order valence-electron chi connectivity index (χ3n) is 3.70. The van der Waals surface area contributed by atoms with Gasteiger partial charge in [-0.1, -0.05) is 36.4 Å². The van der Waals surface area contributed by atoms with Crippen molar-refractivity contribution in [3.05, 3.63) is 65.5 Å². The van der Waals surface area contributed by atoms with E-state index in [4.69, 9.17) is 4.74 Å². The van der Waals surface area contributed by atoms with Crippen LogP contribution in [0.2, 0.25) is 0 Å². The van der Waals surface area contributed by atoms with Gasteiger partial charge in [-0.2, -0.15) is 0 Å². The summed E-state index contributed by atoms with van der Waals surface area (Å²) in [5.41, 5.74) is 1.06. The number of amides is 2. The lowest BCUT2D eigenvalue weighted by molar-refractivity contribution is 0.214. The van der Waals surface area contributed by atoms with E-state index in [1.807, 2.05) is 30.3 Å². The number of rotatable bonds is 6. The maximum Gasteiger partial charge on any atom is 0.315 e. The largest absolute Gasteiger partial charge is 0.496 e. The molecule has 0 saturated carbocycles. The molecule has 3 N–H and O–H groups in total. The molecular formula is C18H21FN2O3. The van der Waals surface area contributed by atoms with Gasteiger partial charge in [0.2, 0.25) is 0 Å². The molecular weight excluding hydrogens is 311 g/mol. The quantitative estimate of drug-likeness (QED) is 0.762. The lowest BCUT2D eigenvalue weighted by Gasteiger charge is -2.21. The standard InChI is InChI=1S/C18H21FN2O3/c1-12(17-14(19)9-6-10-16(17)24-2)20-18(23)21-15(11-22)13-7-4-3-5-8-13/h3-10,12,15,22H,11H2,1-2H3,(H2,20,21,23)/t12-,15-/m0/s1. The monoisotopic (exact) mass is 332 g/mol. The molecule has 24 heavy (non-hydrogen) atoms. The van der Waals surface area contributed by atoms with Crippen LogP contribution in [0, 0.1) is 5.82 Å². The second kappa shape index (κ2) is 8.31. The molecule has 0 aliphatic rings. The fraction of sp³-hybridized carbons (Fsp3) is 0.278. The van der Waals surface area contributed by atoms with E-state index < -0.39 is 23.9 Å². The van der Waals surface area contributed by atoms with Crippen molar-refractivity contribution in [1.29, 1.82) is 0 Å². The Hall–Kier alpha value is -2.60. The SMILES string of the molecule is COc1cccc(F)c1[C@H](C)NC(=O)N[C@@H](CO)c1ccccc1. The van der Waals surface area contributed by atoms with E-state index in [0.29, 0.717) is 5.75 Å². The summed E-state index contributed by atoms with van der Waals surface area (Å²) in [5, 5.41) is 14.8. The fourth-order valence-electron chi connectivity index (χ4n) is 2.50. The zero-order valence-electron chi connectivity index (χ0n) is 13.6. The summed E-state index contributed by atoms with van der Waals surface area (Å²) in [6.07, 6.45) is 0. The number of benzene rings is 2. The molecule has 0 aromatic heterocycles. The number of hydrogen-bond donors (Lipinski definition) is 3. The van der Waals surface area contributed by atoms with Gasteiger partial charge in [0.25, 0.3) is 0 Å². The van der Waals surface area contributed by atoms with Crippen LogP contribution in [-0.4, -0.2) is 24.9 Å². The van der Waals surface area contributed by atoms with Crippen molar-refractivity contribution in [2.45, 2.75) is 19.0 Å². The molecule has 2 atom stereocenters. The van der Waals surface area contributed by atoms with Crippen LogP contribution < -0.4 is 15.4 Å². The molecule has 0 heterocycles. The third-order valence-corrected chi connectivity index (χ3v) is 3.70. The Balaban J connectivity index is 2.07. The molecule has 0 saturated heterocycles. The highest BCUT2D eigenvalue weighted by molar-refractivity contribution is 5.75. The minimum atomic E-state index is -0.601. The van der Waals surface area contributed by atoms with Crippen molar-refractivity contribution in [1.82, 2.24) is 10.6 Å². The Morgan fingerprint density at radius 3 is 2.50 bits per heavy atom. The summed E-state index contributed by atoms with van der Waals surface area (Å²) >= 11 is 0. The minimum absolute atomic E-state index is 0.241. The molecule has 0 fully saturated rings. The van der Waals surface area contributed by atoms with Crippen LogP contribution in [0.15, 0.2) is 48.5 Å². The summed E-state index contributed by atoms with van der Waals surface area (Å²) in [7, 11) is 1.45. The summed E-state index contributed by atoms with van der Waals surface area (Å²) < 4.78 is 19.2. The first kappa shape index (κ1) is 17.7. The smallest absolute Gasteiger partial charge is 0.315 e. The number of halogens is 1. The van der Waals surface area contributed by atoms with Crippen LogP contribution in [0.5, 0.6) is 5.75 Å². The summed E-state index contributed by atoms with van der Waals surface area (Å²) in [5.74, 6) is -0.0894. The molecule has 2 aromatic rings. The molecule has 5 nitrogen and oxygen atoms in total. The van der Waals surface area contributed by atoms with Gasteiger partial charge < -0.3 is 20.5 Å². The lowest BCUT2D eigenvalue weighted by atomic mass is 10.1. The van der Waals surface area contributed by atoms with Gasteiger partial charge in [0.05, 0.1) is 31.4 Å². The van der Waals surface area contributed by atoms with Crippen LogP contribution in [-0.2, 0) is 0 Å². The molecule has 2 aromatic carbocycles. The highest BCUT2D eigenvalue weighted by Crippen LogP contribution is 2.27. The summed E-state index contributed by atoms with van der Waals surface area (Å²) in [4.78, 5) is 12.2. The molecule has 0 radical (unpaired) electrons. The van der Waals surface area contributed by atoms with Crippen LogP contribution in [0.25, 0.3) is 0 Å². The van der Waals surface area contributed by atoms with Gasteiger partial charge in [0.1, 0.15) is 11.6 Å². The third kappa shape index (κ3) is 4.23. The average Bonchev–Trinajstić information content (AvgIpc) is 2.59. The number of aliphatic hydroxyl groups excluding tert-OH is 1. The summed E-state index contributed by atoms with van der Waals surface area (Å²) in [6.45, 7) is 1.42. The van der Waals surface area contributed by atoms with Gasteiger partial charge in [-0.25, -0.2) is 9.18 Å². The highest BCUT2D eigenvalue weighted by atomic mass is 19.1. The van der Waals surface area contributed by atoms with Crippen LogP contribution in [0.3, 0.4) is 0 Å². The van der Waals surface area contributed by atoms with Crippen molar-refractivity contribution >= 4 is 6.03 Å². The molecule has 2 amide bonds. The van der Waals surface area contributed by atoms with E-state index in [1.54, 1.807) is 19.1 Å². The predicted octanol–water partition coefficient (Wildman–Crippen LogP) is 2.93. The number of aliphatic hydroxyl groups is 1. The molecule has 2 rings (SSSR count). The van der Waals surface area contributed by atoms with Gasteiger partial charge >= 0.3 is 6.03 Å². The molecule has 0 spiro atoms. The predicted molar refractivity (Wildman–Crippen MR) is 89.3 cm³/mol. The zero-order valence-corrected chi connectivity index (χ0v) is 13.6.